The van der Waals surface area contributed by atoms with Crippen molar-refractivity contribution in [2.45, 2.75) is 31.3 Å². The van der Waals surface area contributed by atoms with E-state index >= 15 is 0 Å². The van der Waals surface area contributed by atoms with Crippen LogP contribution in [0.3, 0.4) is 0 Å². The van der Waals surface area contributed by atoms with Gasteiger partial charge in [0.1, 0.15) is 11.3 Å². The standard InChI is InChI=1S/C24H23N3O4/c1-2-31-15-11-9-14(10-12-15)27-21(28)19-18-8-5-13-26(18)24(20(19)22(27)29)16-6-3-4-7-17(16)25-23(24)30/h3-4,6-7,9-12,18-20H,2,5,8,13H2,1H3,(H,25,30). The van der Waals surface area contributed by atoms with E-state index in [1.54, 1.807) is 24.3 Å². The number of para-hydroxylation sites is 1. The fourth-order valence-electron chi connectivity index (χ4n) is 6.27. The van der Waals surface area contributed by atoms with Crippen molar-refractivity contribution in [3.63, 3.8) is 0 Å². The number of carbonyl (C=O) groups excluding carboxylic acids is 3. The molecule has 0 bridgehead atoms. The largest absolute Gasteiger partial charge is 0.494 e. The molecule has 0 radical (unpaired) electrons. The summed E-state index contributed by atoms with van der Waals surface area (Å²) in [7, 11) is 0. The van der Waals surface area contributed by atoms with Gasteiger partial charge in [0, 0.05) is 17.3 Å². The number of hydrogen-bond donors (Lipinski definition) is 1. The molecule has 0 aromatic heterocycles. The Labute approximate surface area is 180 Å². The zero-order valence-electron chi connectivity index (χ0n) is 17.2. The number of rotatable bonds is 3. The third-order valence-electron chi connectivity index (χ3n) is 7.31. The summed E-state index contributed by atoms with van der Waals surface area (Å²) < 4.78 is 5.49. The monoisotopic (exact) mass is 417 g/mol. The molecule has 2 aromatic rings. The molecule has 31 heavy (non-hydrogen) atoms. The SMILES string of the molecule is CCOc1ccc(N2C(=O)C3C4CCCN4C4(C(=O)Nc5ccccc54)C3C2=O)cc1. The summed E-state index contributed by atoms with van der Waals surface area (Å²) in [5, 5.41) is 2.99. The molecule has 158 valence electrons. The summed E-state index contributed by atoms with van der Waals surface area (Å²) in [4.78, 5) is 44.4. The Morgan fingerprint density at radius 3 is 2.61 bits per heavy atom. The first-order valence-corrected chi connectivity index (χ1v) is 10.9. The lowest BCUT2D eigenvalue weighted by Gasteiger charge is -2.36. The van der Waals surface area contributed by atoms with E-state index in [-0.39, 0.29) is 23.8 Å². The Hall–Kier alpha value is -3.19. The van der Waals surface area contributed by atoms with Gasteiger partial charge in [-0.1, -0.05) is 18.2 Å². The van der Waals surface area contributed by atoms with Crippen LogP contribution in [0.4, 0.5) is 11.4 Å². The lowest BCUT2D eigenvalue weighted by molar-refractivity contribution is -0.135. The van der Waals surface area contributed by atoms with E-state index in [9.17, 15) is 14.4 Å². The number of ether oxygens (including phenoxy) is 1. The molecule has 4 atom stereocenters. The van der Waals surface area contributed by atoms with Crippen molar-refractivity contribution < 1.29 is 19.1 Å². The van der Waals surface area contributed by atoms with E-state index in [0.717, 1.165) is 24.1 Å². The van der Waals surface area contributed by atoms with Crippen LogP contribution in [0, 0.1) is 11.8 Å². The Bertz CT molecular complexity index is 1110. The predicted molar refractivity (Wildman–Crippen MR) is 114 cm³/mol. The molecular weight excluding hydrogens is 394 g/mol. The van der Waals surface area contributed by atoms with Crippen LogP contribution < -0.4 is 15.0 Å². The fraction of sp³-hybridized carbons (Fsp3) is 0.375. The van der Waals surface area contributed by atoms with Crippen LogP contribution in [0.15, 0.2) is 48.5 Å². The zero-order chi connectivity index (χ0) is 21.3. The maximum Gasteiger partial charge on any atom is 0.250 e. The third kappa shape index (κ3) is 2.19. The van der Waals surface area contributed by atoms with Crippen LogP contribution in [-0.4, -0.2) is 41.8 Å². The summed E-state index contributed by atoms with van der Waals surface area (Å²) in [6.45, 7) is 3.16. The van der Waals surface area contributed by atoms with Crippen molar-refractivity contribution in [1.82, 2.24) is 4.90 Å². The van der Waals surface area contributed by atoms with Gasteiger partial charge >= 0.3 is 0 Å². The molecule has 7 nitrogen and oxygen atoms in total. The third-order valence-corrected chi connectivity index (χ3v) is 7.31. The van der Waals surface area contributed by atoms with Gasteiger partial charge < -0.3 is 10.1 Å². The van der Waals surface area contributed by atoms with E-state index in [1.807, 2.05) is 31.2 Å². The first kappa shape index (κ1) is 18.6. The predicted octanol–water partition coefficient (Wildman–Crippen LogP) is 2.52. The molecule has 4 unspecified atom stereocenters. The van der Waals surface area contributed by atoms with Gasteiger partial charge in [0.15, 0.2) is 0 Å². The Balaban J connectivity index is 1.48. The first-order chi connectivity index (χ1) is 15.1. The number of benzene rings is 2. The average molecular weight is 417 g/mol. The number of nitrogens with zero attached hydrogens (tertiary/aromatic N) is 2. The number of anilines is 2. The van der Waals surface area contributed by atoms with Gasteiger partial charge in [0.05, 0.1) is 24.1 Å². The van der Waals surface area contributed by atoms with Crippen molar-refractivity contribution >= 4 is 29.1 Å². The molecule has 6 rings (SSSR count). The van der Waals surface area contributed by atoms with Crippen molar-refractivity contribution in [3.05, 3.63) is 54.1 Å². The molecule has 0 saturated carbocycles. The molecule has 4 aliphatic heterocycles. The number of amides is 3. The number of fused-ring (bicyclic) bond motifs is 7. The van der Waals surface area contributed by atoms with Crippen LogP contribution in [0.1, 0.15) is 25.3 Å². The topological polar surface area (TPSA) is 79.0 Å². The average Bonchev–Trinajstić information content (AvgIpc) is 3.47. The van der Waals surface area contributed by atoms with Crippen LogP contribution in [-0.2, 0) is 19.9 Å². The van der Waals surface area contributed by atoms with Crippen molar-refractivity contribution in [2.24, 2.45) is 11.8 Å². The van der Waals surface area contributed by atoms with Gasteiger partial charge in [-0.15, -0.1) is 0 Å². The highest BCUT2D eigenvalue weighted by Gasteiger charge is 2.74. The minimum Gasteiger partial charge on any atom is -0.494 e. The van der Waals surface area contributed by atoms with Crippen LogP contribution in [0.5, 0.6) is 5.75 Å². The van der Waals surface area contributed by atoms with Gasteiger partial charge in [-0.25, -0.2) is 4.90 Å². The van der Waals surface area contributed by atoms with Crippen molar-refractivity contribution in [2.75, 3.05) is 23.4 Å². The van der Waals surface area contributed by atoms with Gasteiger partial charge in [-0.2, -0.15) is 0 Å². The number of carbonyl (C=O) groups is 3. The normalized spacial score (nSPS) is 31.2. The highest BCUT2D eigenvalue weighted by Crippen LogP contribution is 2.60. The second-order valence-corrected chi connectivity index (χ2v) is 8.61. The summed E-state index contributed by atoms with van der Waals surface area (Å²) in [5.74, 6) is -1.24. The maximum atomic E-state index is 13.8. The number of hydrogen-bond acceptors (Lipinski definition) is 5. The van der Waals surface area contributed by atoms with Gasteiger partial charge in [-0.05, 0) is 56.6 Å². The summed E-state index contributed by atoms with van der Waals surface area (Å²) in [6.07, 6.45) is 1.73. The molecule has 1 N–H and O–H groups in total. The van der Waals surface area contributed by atoms with Gasteiger partial charge in [0.25, 0.3) is 0 Å². The molecule has 3 amide bonds. The van der Waals surface area contributed by atoms with Crippen molar-refractivity contribution in [1.29, 1.82) is 0 Å². The van der Waals surface area contributed by atoms with E-state index in [2.05, 4.69) is 10.2 Å². The molecule has 7 heteroatoms. The highest BCUT2D eigenvalue weighted by atomic mass is 16.5. The molecule has 3 saturated heterocycles. The van der Waals surface area contributed by atoms with Crippen LogP contribution >= 0.6 is 0 Å². The minimum absolute atomic E-state index is 0.106. The summed E-state index contributed by atoms with van der Waals surface area (Å²) in [5.41, 5.74) is 0.960. The van der Waals surface area contributed by atoms with Crippen molar-refractivity contribution in [3.8, 4) is 5.75 Å². The second-order valence-electron chi connectivity index (χ2n) is 8.61. The molecule has 0 aliphatic carbocycles. The highest BCUT2D eigenvalue weighted by molar-refractivity contribution is 6.25. The minimum atomic E-state index is -1.12. The van der Waals surface area contributed by atoms with E-state index in [0.29, 0.717) is 24.6 Å². The Morgan fingerprint density at radius 2 is 1.84 bits per heavy atom. The Morgan fingerprint density at radius 1 is 1.06 bits per heavy atom. The lowest BCUT2D eigenvalue weighted by Crippen LogP contribution is -2.54. The quantitative estimate of drug-likeness (QED) is 0.777. The van der Waals surface area contributed by atoms with Crippen LogP contribution in [0.25, 0.3) is 0 Å². The van der Waals surface area contributed by atoms with Gasteiger partial charge in [0.2, 0.25) is 17.7 Å². The smallest absolute Gasteiger partial charge is 0.250 e. The van der Waals surface area contributed by atoms with Crippen LogP contribution in [0.2, 0.25) is 0 Å². The van der Waals surface area contributed by atoms with E-state index < -0.39 is 17.4 Å². The number of nitrogens with one attached hydrogen (secondary N) is 1. The maximum absolute atomic E-state index is 13.8. The van der Waals surface area contributed by atoms with Gasteiger partial charge in [-0.3, -0.25) is 19.3 Å². The fourth-order valence-corrected chi connectivity index (χ4v) is 6.27. The summed E-state index contributed by atoms with van der Waals surface area (Å²) >= 11 is 0. The van der Waals surface area contributed by atoms with E-state index in [1.165, 1.54) is 4.90 Å². The molecule has 2 aromatic carbocycles. The molecule has 4 heterocycles. The number of imide groups is 1. The second kappa shape index (κ2) is 6.40. The lowest BCUT2D eigenvalue weighted by atomic mass is 9.75. The molecule has 1 spiro atoms. The van der Waals surface area contributed by atoms with E-state index in [4.69, 9.17) is 4.74 Å². The first-order valence-electron chi connectivity index (χ1n) is 10.9. The molecule has 3 fully saturated rings. The molecule has 4 aliphatic rings. The zero-order valence-corrected chi connectivity index (χ0v) is 17.2. The molecular formula is C24H23N3O4. The Kier molecular flexibility index (Phi) is 3.84. The summed E-state index contributed by atoms with van der Waals surface area (Å²) in [6, 6.07) is 14.5.